The molecule has 0 aliphatic carbocycles. The monoisotopic (exact) mass is 303 g/mol. The van der Waals surface area contributed by atoms with Crippen LogP contribution >= 0.6 is 0 Å². The fraction of sp³-hybridized carbons (Fsp3) is 0.286. The summed E-state index contributed by atoms with van der Waals surface area (Å²) in [7, 11) is 1.60. The Morgan fingerprint density at radius 3 is 2.73 bits per heavy atom. The highest BCUT2D eigenvalue weighted by Gasteiger charge is 2.11. The van der Waals surface area contributed by atoms with Crippen LogP contribution in [0.4, 0.5) is 5.82 Å². The van der Waals surface area contributed by atoms with Gasteiger partial charge >= 0.3 is 0 Å². The maximum atomic E-state index is 11.9. The molecule has 3 N–H and O–H groups in total. The summed E-state index contributed by atoms with van der Waals surface area (Å²) in [4.78, 5) is 23.8. The van der Waals surface area contributed by atoms with Crippen molar-refractivity contribution in [2.75, 3.05) is 26.1 Å². The first kappa shape index (κ1) is 15.6. The normalized spacial score (nSPS) is 10.2. The van der Waals surface area contributed by atoms with Gasteiger partial charge in [-0.05, 0) is 5.56 Å². The number of carbonyl (C=O) groups excluding carboxylic acids is 1. The molecule has 0 bridgehead atoms. The molecular formula is C14H17N5O3. The quantitative estimate of drug-likeness (QED) is 0.712. The first-order valence-corrected chi connectivity index (χ1v) is 6.62. The number of pyridine rings is 1. The van der Waals surface area contributed by atoms with Crippen molar-refractivity contribution in [3.63, 3.8) is 0 Å². The number of anilines is 1. The van der Waals surface area contributed by atoms with Gasteiger partial charge in [0, 0.05) is 38.3 Å². The molecule has 8 heteroatoms. The number of hydrogen-bond donors (Lipinski definition) is 2. The summed E-state index contributed by atoms with van der Waals surface area (Å²) >= 11 is 0. The van der Waals surface area contributed by atoms with E-state index in [-0.39, 0.29) is 17.4 Å². The van der Waals surface area contributed by atoms with Crippen molar-refractivity contribution in [2.45, 2.75) is 6.54 Å². The van der Waals surface area contributed by atoms with Gasteiger partial charge in [-0.25, -0.2) is 15.0 Å². The second-order valence-electron chi connectivity index (χ2n) is 4.32. The zero-order valence-corrected chi connectivity index (χ0v) is 12.2. The van der Waals surface area contributed by atoms with E-state index in [9.17, 15) is 4.79 Å². The highest BCUT2D eigenvalue weighted by molar-refractivity contribution is 5.96. The van der Waals surface area contributed by atoms with Crippen molar-refractivity contribution in [1.29, 1.82) is 0 Å². The molecule has 0 spiro atoms. The molecule has 8 nitrogen and oxygen atoms in total. The average Bonchev–Trinajstić information content (AvgIpc) is 2.54. The molecule has 0 fully saturated rings. The molecule has 2 heterocycles. The zero-order chi connectivity index (χ0) is 15.8. The van der Waals surface area contributed by atoms with Gasteiger partial charge in [-0.3, -0.25) is 4.79 Å². The van der Waals surface area contributed by atoms with E-state index in [1.807, 2.05) is 6.07 Å². The Balaban J connectivity index is 1.86. The van der Waals surface area contributed by atoms with Crippen LogP contribution < -0.4 is 15.8 Å². The molecule has 116 valence electrons. The Hall–Kier alpha value is -2.74. The van der Waals surface area contributed by atoms with E-state index in [4.69, 9.17) is 15.2 Å². The average molecular weight is 303 g/mol. The van der Waals surface area contributed by atoms with Crippen molar-refractivity contribution in [3.8, 4) is 5.88 Å². The minimum atomic E-state index is -0.383. The standard InChI is InChI=1S/C14H17N5O3/c1-21-6-7-22-11-3-2-10(8-18-11)9-19-14(20)12-13(15)17-5-4-16-12/h2-5,8H,6-7,9H2,1H3,(H2,15,17)(H,19,20). The van der Waals surface area contributed by atoms with E-state index >= 15 is 0 Å². The van der Waals surface area contributed by atoms with Crippen molar-refractivity contribution in [3.05, 3.63) is 42.0 Å². The van der Waals surface area contributed by atoms with Gasteiger partial charge in [0.2, 0.25) is 5.88 Å². The van der Waals surface area contributed by atoms with E-state index in [0.717, 1.165) is 5.56 Å². The minimum absolute atomic E-state index is 0.0972. The first-order valence-electron chi connectivity index (χ1n) is 6.62. The van der Waals surface area contributed by atoms with Gasteiger partial charge in [0.15, 0.2) is 11.5 Å². The third-order valence-corrected chi connectivity index (χ3v) is 2.73. The van der Waals surface area contributed by atoms with E-state index in [1.165, 1.54) is 12.4 Å². The third-order valence-electron chi connectivity index (χ3n) is 2.73. The highest BCUT2D eigenvalue weighted by Crippen LogP contribution is 2.08. The van der Waals surface area contributed by atoms with Gasteiger partial charge in [0.05, 0.1) is 6.61 Å². The molecule has 0 aromatic carbocycles. The van der Waals surface area contributed by atoms with Crippen LogP contribution in [-0.4, -0.2) is 41.2 Å². The van der Waals surface area contributed by atoms with Crippen molar-refractivity contribution in [2.24, 2.45) is 0 Å². The first-order chi connectivity index (χ1) is 10.7. The molecule has 0 atom stereocenters. The molecule has 0 radical (unpaired) electrons. The van der Waals surface area contributed by atoms with Crippen LogP contribution in [0.1, 0.15) is 16.1 Å². The van der Waals surface area contributed by atoms with Crippen molar-refractivity contribution in [1.82, 2.24) is 20.3 Å². The predicted molar refractivity (Wildman–Crippen MR) is 79.2 cm³/mol. The Morgan fingerprint density at radius 1 is 1.23 bits per heavy atom. The van der Waals surface area contributed by atoms with Gasteiger partial charge in [0.25, 0.3) is 5.91 Å². The molecule has 0 unspecified atom stereocenters. The molecule has 0 aliphatic heterocycles. The number of nitrogens with two attached hydrogens (primary N) is 1. The van der Waals surface area contributed by atoms with Crippen LogP contribution in [0, 0.1) is 0 Å². The van der Waals surface area contributed by atoms with Crippen LogP contribution in [0.25, 0.3) is 0 Å². The Labute approximate surface area is 127 Å². The molecule has 2 aromatic heterocycles. The number of amides is 1. The van der Waals surface area contributed by atoms with Crippen molar-refractivity contribution < 1.29 is 14.3 Å². The number of aromatic nitrogens is 3. The minimum Gasteiger partial charge on any atom is -0.475 e. The van der Waals surface area contributed by atoms with Crippen LogP contribution in [-0.2, 0) is 11.3 Å². The maximum Gasteiger partial charge on any atom is 0.273 e. The molecule has 0 aliphatic rings. The summed E-state index contributed by atoms with van der Waals surface area (Å²) < 4.78 is 10.2. The summed E-state index contributed by atoms with van der Waals surface area (Å²) in [6, 6.07) is 3.54. The fourth-order valence-electron chi connectivity index (χ4n) is 1.62. The van der Waals surface area contributed by atoms with Gasteiger partial charge in [-0.2, -0.15) is 0 Å². The highest BCUT2D eigenvalue weighted by atomic mass is 16.5. The SMILES string of the molecule is COCCOc1ccc(CNC(=O)c2nccnc2N)cn1. The lowest BCUT2D eigenvalue weighted by atomic mass is 10.2. The second-order valence-corrected chi connectivity index (χ2v) is 4.32. The summed E-state index contributed by atoms with van der Waals surface area (Å²) in [5.41, 5.74) is 6.53. The molecule has 22 heavy (non-hydrogen) atoms. The maximum absolute atomic E-state index is 11.9. The predicted octanol–water partition coefficient (Wildman–Crippen LogP) is 0.409. The lowest BCUT2D eigenvalue weighted by Crippen LogP contribution is -2.25. The topological polar surface area (TPSA) is 112 Å². The number of rotatable bonds is 7. The summed E-state index contributed by atoms with van der Waals surface area (Å²) in [6.45, 7) is 1.24. The lowest BCUT2D eigenvalue weighted by molar-refractivity contribution is 0.0946. The number of nitrogens with zero attached hydrogens (tertiary/aromatic N) is 3. The van der Waals surface area contributed by atoms with Crippen LogP contribution in [0.15, 0.2) is 30.7 Å². The smallest absolute Gasteiger partial charge is 0.273 e. The van der Waals surface area contributed by atoms with E-state index in [1.54, 1.807) is 19.4 Å². The van der Waals surface area contributed by atoms with Crippen molar-refractivity contribution >= 4 is 11.7 Å². The molecular weight excluding hydrogens is 286 g/mol. The van der Waals surface area contributed by atoms with Crippen LogP contribution in [0.5, 0.6) is 5.88 Å². The van der Waals surface area contributed by atoms with Crippen LogP contribution in [0.2, 0.25) is 0 Å². The molecule has 2 rings (SSSR count). The zero-order valence-electron chi connectivity index (χ0n) is 12.2. The van der Waals surface area contributed by atoms with Gasteiger partial charge in [0.1, 0.15) is 6.61 Å². The number of hydrogen-bond acceptors (Lipinski definition) is 7. The van der Waals surface area contributed by atoms with Gasteiger partial charge in [-0.15, -0.1) is 0 Å². The largest absolute Gasteiger partial charge is 0.475 e. The van der Waals surface area contributed by atoms with E-state index < -0.39 is 0 Å². The second kappa shape index (κ2) is 7.89. The molecule has 0 saturated carbocycles. The van der Waals surface area contributed by atoms with Crippen LogP contribution in [0.3, 0.4) is 0 Å². The lowest BCUT2D eigenvalue weighted by Gasteiger charge is -2.07. The number of ether oxygens (including phenoxy) is 2. The summed E-state index contributed by atoms with van der Waals surface area (Å²) in [6.07, 6.45) is 4.47. The van der Waals surface area contributed by atoms with Gasteiger partial charge < -0.3 is 20.5 Å². The Kier molecular flexibility index (Phi) is 5.61. The van der Waals surface area contributed by atoms with E-state index in [0.29, 0.717) is 25.6 Å². The summed E-state index contributed by atoms with van der Waals surface area (Å²) in [5, 5.41) is 2.71. The van der Waals surface area contributed by atoms with E-state index in [2.05, 4.69) is 20.3 Å². The third kappa shape index (κ3) is 4.38. The Morgan fingerprint density at radius 2 is 2.05 bits per heavy atom. The number of nitrogens with one attached hydrogen (secondary N) is 1. The fourth-order valence-corrected chi connectivity index (χ4v) is 1.62. The molecule has 1 amide bonds. The Bertz CT molecular complexity index is 618. The van der Waals surface area contributed by atoms with Gasteiger partial charge in [-0.1, -0.05) is 6.07 Å². The number of methoxy groups -OCH3 is 1. The summed E-state index contributed by atoms with van der Waals surface area (Å²) in [5.74, 6) is 0.219. The number of nitrogen functional groups attached to an aromatic ring is 1. The molecule has 0 saturated heterocycles. The number of carbonyl (C=O) groups is 1. The molecule has 2 aromatic rings.